The highest BCUT2D eigenvalue weighted by atomic mass is 35.5. The highest BCUT2D eigenvalue weighted by Crippen LogP contribution is 2.25. The Morgan fingerprint density at radius 2 is 1.90 bits per heavy atom. The minimum atomic E-state index is 0.539. The van der Waals surface area contributed by atoms with Crippen LogP contribution in [0.3, 0.4) is 0 Å². The SMILES string of the molecule is Cc1nn(Cc2ccc(Cl)c(Cl)c2)c(C)c1NC(=S)N(C)Cc1cnn(C)c1C. The van der Waals surface area contributed by atoms with Crippen molar-refractivity contribution in [2.75, 3.05) is 12.4 Å². The Balaban J connectivity index is 1.73. The molecule has 0 radical (unpaired) electrons. The van der Waals surface area contributed by atoms with E-state index < -0.39 is 0 Å². The number of aromatic nitrogens is 4. The van der Waals surface area contributed by atoms with Crippen LogP contribution in [0.25, 0.3) is 0 Å². The van der Waals surface area contributed by atoms with Crippen LogP contribution in [-0.2, 0) is 20.1 Å². The lowest BCUT2D eigenvalue weighted by molar-refractivity contribution is 0.506. The topological polar surface area (TPSA) is 50.9 Å². The molecule has 0 saturated carbocycles. The van der Waals surface area contributed by atoms with E-state index in [9.17, 15) is 0 Å². The van der Waals surface area contributed by atoms with Gasteiger partial charge in [0.1, 0.15) is 0 Å². The van der Waals surface area contributed by atoms with Crippen LogP contribution in [0.4, 0.5) is 5.69 Å². The van der Waals surface area contributed by atoms with Crippen molar-refractivity contribution in [3.05, 3.63) is 62.6 Å². The number of benzene rings is 1. The van der Waals surface area contributed by atoms with Gasteiger partial charge in [-0.2, -0.15) is 10.2 Å². The molecule has 2 aromatic heterocycles. The van der Waals surface area contributed by atoms with Crippen molar-refractivity contribution in [3.8, 4) is 0 Å². The normalized spacial score (nSPS) is 11.0. The van der Waals surface area contributed by atoms with E-state index in [0.29, 0.717) is 28.2 Å². The van der Waals surface area contributed by atoms with E-state index >= 15 is 0 Å². The predicted octanol–water partition coefficient (Wildman–Crippen LogP) is 4.73. The minimum Gasteiger partial charge on any atom is -0.348 e. The Hall–Kier alpha value is -2.09. The number of hydrogen-bond acceptors (Lipinski definition) is 3. The number of aryl methyl sites for hydroxylation is 2. The van der Waals surface area contributed by atoms with Crippen LogP contribution in [0, 0.1) is 20.8 Å². The third kappa shape index (κ3) is 4.74. The maximum absolute atomic E-state index is 6.14. The summed E-state index contributed by atoms with van der Waals surface area (Å²) in [5.41, 5.74) is 6.11. The quantitative estimate of drug-likeness (QED) is 0.569. The summed E-state index contributed by atoms with van der Waals surface area (Å²) in [6, 6.07) is 5.61. The summed E-state index contributed by atoms with van der Waals surface area (Å²) in [4.78, 5) is 1.99. The van der Waals surface area contributed by atoms with Gasteiger partial charge in [0.05, 0.1) is 39.9 Å². The number of anilines is 1. The molecule has 0 spiro atoms. The second kappa shape index (κ2) is 8.73. The maximum Gasteiger partial charge on any atom is 0.173 e. The zero-order chi connectivity index (χ0) is 21.3. The van der Waals surface area contributed by atoms with Crippen LogP contribution in [-0.4, -0.2) is 36.6 Å². The molecule has 1 N–H and O–H groups in total. The average Bonchev–Trinajstić information content (AvgIpc) is 3.12. The standard InChI is InChI=1S/C20H24Cl2N6S/c1-12-19(24-20(29)26(4)11-16-9-23-27(5)13(16)2)14(3)28(25-12)10-15-6-7-17(21)18(22)8-15/h6-9H,10-11H2,1-5H3,(H,24,29). The zero-order valence-electron chi connectivity index (χ0n) is 17.1. The van der Waals surface area contributed by atoms with Crippen LogP contribution < -0.4 is 5.32 Å². The molecular formula is C20H24Cl2N6S. The molecule has 2 heterocycles. The van der Waals surface area contributed by atoms with E-state index in [1.807, 2.05) is 67.5 Å². The Morgan fingerprint density at radius 3 is 2.52 bits per heavy atom. The van der Waals surface area contributed by atoms with Gasteiger partial charge in [-0.1, -0.05) is 29.3 Å². The van der Waals surface area contributed by atoms with Crippen LogP contribution in [0.1, 0.15) is 28.2 Å². The summed E-state index contributed by atoms with van der Waals surface area (Å²) >= 11 is 17.8. The molecular weight excluding hydrogens is 427 g/mol. The van der Waals surface area contributed by atoms with Crippen LogP contribution in [0.2, 0.25) is 10.0 Å². The summed E-state index contributed by atoms with van der Waals surface area (Å²) in [6.45, 7) is 7.32. The second-order valence-corrected chi connectivity index (χ2v) is 8.32. The van der Waals surface area contributed by atoms with Gasteiger partial charge in [0.2, 0.25) is 0 Å². The highest BCUT2D eigenvalue weighted by Gasteiger charge is 2.16. The first kappa shape index (κ1) is 21.6. The molecule has 0 fully saturated rings. The Kier molecular flexibility index (Phi) is 6.51. The van der Waals surface area contributed by atoms with E-state index in [2.05, 4.69) is 15.5 Å². The number of thiocarbonyl (C=S) groups is 1. The number of halogens is 2. The van der Waals surface area contributed by atoms with Crippen LogP contribution >= 0.6 is 35.4 Å². The van der Waals surface area contributed by atoms with E-state index in [1.54, 1.807) is 6.07 Å². The van der Waals surface area contributed by atoms with Gasteiger partial charge < -0.3 is 10.2 Å². The first-order valence-electron chi connectivity index (χ1n) is 9.15. The maximum atomic E-state index is 6.14. The van der Waals surface area contributed by atoms with E-state index in [1.165, 1.54) is 0 Å². The summed E-state index contributed by atoms with van der Waals surface area (Å²) in [7, 11) is 3.90. The van der Waals surface area contributed by atoms with Crippen molar-refractivity contribution in [1.82, 2.24) is 24.5 Å². The fraction of sp³-hybridized carbons (Fsp3) is 0.350. The number of hydrogen-bond donors (Lipinski definition) is 1. The lowest BCUT2D eigenvalue weighted by Gasteiger charge is -2.21. The first-order chi connectivity index (χ1) is 13.7. The molecule has 0 saturated heterocycles. The van der Waals surface area contributed by atoms with Gasteiger partial charge >= 0.3 is 0 Å². The third-order valence-corrected chi connectivity index (χ3v) is 6.17. The largest absolute Gasteiger partial charge is 0.348 e. The summed E-state index contributed by atoms with van der Waals surface area (Å²) in [6.07, 6.45) is 1.88. The number of nitrogens with one attached hydrogen (secondary N) is 1. The van der Waals surface area contributed by atoms with E-state index in [4.69, 9.17) is 35.4 Å². The van der Waals surface area contributed by atoms with Crippen molar-refractivity contribution in [3.63, 3.8) is 0 Å². The van der Waals surface area contributed by atoms with Gasteiger partial charge in [0.15, 0.2) is 5.11 Å². The molecule has 0 atom stereocenters. The summed E-state index contributed by atoms with van der Waals surface area (Å²) in [5.74, 6) is 0. The molecule has 3 aromatic rings. The van der Waals surface area contributed by atoms with Crippen molar-refractivity contribution >= 4 is 46.2 Å². The van der Waals surface area contributed by atoms with Crippen molar-refractivity contribution in [2.24, 2.45) is 7.05 Å². The molecule has 0 bridgehead atoms. The van der Waals surface area contributed by atoms with Gasteiger partial charge in [-0.25, -0.2) is 0 Å². The zero-order valence-corrected chi connectivity index (χ0v) is 19.5. The van der Waals surface area contributed by atoms with Gasteiger partial charge in [-0.05, 0) is 50.7 Å². The van der Waals surface area contributed by atoms with Crippen molar-refractivity contribution in [1.29, 1.82) is 0 Å². The molecule has 3 rings (SSSR count). The molecule has 154 valence electrons. The van der Waals surface area contributed by atoms with Gasteiger partial charge in [0, 0.05) is 31.9 Å². The average molecular weight is 451 g/mol. The molecule has 0 aliphatic heterocycles. The molecule has 0 aliphatic carbocycles. The highest BCUT2D eigenvalue weighted by molar-refractivity contribution is 7.80. The first-order valence-corrected chi connectivity index (χ1v) is 10.3. The lowest BCUT2D eigenvalue weighted by Crippen LogP contribution is -2.31. The smallest absolute Gasteiger partial charge is 0.173 e. The lowest BCUT2D eigenvalue weighted by atomic mass is 10.2. The molecule has 6 nitrogen and oxygen atoms in total. The fourth-order valence-corrected chi connectivity index (χ4v) is 3.56. The second-order valence-electron chi connectivity index (χ2n) is 7.12. The van der Waals surface area contributed by atoms with Gasteiger partial charge in [-0.15, -0.1) is 0 Å². The Morgan fingerprint density at radius 1 is 1.17 bits per heavy atom. The monoisotopic (exact) mass is 450 g/mol. The fourth-order valence-electron chi connectivity index (χ4n) is 3.07. The molecule has 1 aromatic carbocycles. The van der Waals surface area contributed by atoms with E-state index in [-0.39, 0.29) is 0 Å². The van der Waals surface area contributed by atoms with E-state index in [0.717, 1.165) is 33.9 Å². The summed E-state index contributed by atoms with van der Waals surface area (Å²) < 4.78 is 3.80. The van der Waals surface area contributed by atoms with Crippen LogP contribution in [0.15, 0.2) is 24.4 Å². The Labute approximate surface area is 186 Å². The number of rotatable bonds is 5. The summed E-state index contributed by atoms with van der Waals surface area (Å²) in [5, 5.41) is 14.0. The Bertz CT molecular complexity index is 1060. The molecule has 0 amide bonds. The molecule has 0 aliphatic rings. The van der Waals surface area contributed by atoms with Gasteiger partial charge in [0.25, 0.3) is 0 Å². The molecule has 0 unspecified atom stereocenters. The van der Waals surface area contributed by atoms with Gasteiger partial charge in [-0.3, -0.25) is 9.36 Å². The molecule has 29 heavy (non-hydrogen) atoms. The third-order valence-electron chi connectivity index (χ3n) is 5.02. The van der Waals surface area contributed by atoms with Crippen molar-refractivity contribution < 1.29 is 0 Å². The predicted molar refractivity (Wildman–Crippen MR) is 123 cm³/mol. The minimum absolute atomic E-state index is 0.539. The number of nitrogens with zero attached hydrogens (tertiary/aromatic N) is 5. The van der Waals surface area contributed by atoms with Crippen LogP contribution in [0.5, 0.6) is 0 Å². The molecule has 9 heteroatoms. The van der Waals surface area contributed by atoms with Crippen molar-refractivity contribution in [2.45, 2.75) is 33.9 Å².